The lowest BCUT2D eigenvalue weighted by molar-refractivity contribution is -0.123. The third-order valence-corrected chi connectivity index (χ3v) is 7.41. The van der Waals surface area contributed by atoms with Crippen LogP contribution < -0.4 is 10.9 Å². The number of rotatable bonds is 5. The monoisotopic (exact) mass is 456 g/mol. The number of pyridine rings is 1. The van der Waals surface area contributed by atoms with Gasteiger partial charge in [0.05, 0.1) is 10.5 Å². The van der Waals surface area contributed by atoms with Crippen molar-refractivity contribution in [1.82, 2.24) is 14.3 Å². The summed E-state index contributed by atoms with van der Waals surface area (Å²) >= 11 is 6.71. The molecule has 8 heteroatoms. The molecule has 0 aromatic carbocycles. The lowest BCUT2D eigenvalue weighted by atomic mass is 9.95. The molecule has 2 aromatic rings. The molecule has 4 rings (SSSR count). The molecular formula is C23H28N4O2S2. The standard InChI is InChI=1S/C23H28N4O2S2/c1-4-15(3)27-22(29)18(31-23(27)30)12-17-20(24-16-8-6-5-7-9-16)25-19-11-10-14(2)13-26(19)21(17)28/h10-13,15-16,24H,4-9H2,1-3H3/b18-12+. The number of aromatic nitrogens is 2. The molecule has 1 atom stereocenters. The molecule has 0 spiro atoms. The van der Waals surface area contributed by atoms with E-state index in [1.807, 2.05) is 32.9 Å². The van der Waals surface area contributed by atoms with Crippen LogP contribution >= 0.6 is 24.0 Å². The molecule has 1 saturated carbocycles. The van der Waals surface area contributed by atoms with E-state index in [2.05, 4.69) is 5.32 Å². The van der Waals surface area contributed by atoms with Crippen molar-refractivity contribution in [2.45, 2.75) is 71.4 Å². The van der Waals surface area contributed by atoms with Crippen molar-refractivity contribution in [1.29, 1.82) is 0 Å². The molecule has 1 aliphatic heterocycles. The zero-order valence-electron chi connectivity index (χ0n) is 18.2. The molecule has 1 amide bonds. The fourth-order valence-electron chi connectivity index (χ4n) is 4.11. The zero-order valence-corrected chi connectivity index (χ0v) is 19.8. The third kappa shape index (κ3) is 4.41. The number of hydrogen-bond acceptors (Lipinski definition) is 6. The van der Waals surface area contributed by atoms with E-state index in [4.69, 9.17) is 17.2 Å². The number of hydrogen-bond donors (Lipinski definition) is 1. The third-order valence-electron chi connectivity index (χ3n) is 6.08. The fraction of sp³-hybridized carbons (Fsp3) is 0.478. The number of carbonyl (C=O) groups is 1. The Morgan fingerprint density at radius 1 is 1.29 bits per heavy atom. The van der Waals surface area contributed by atoms with Crippen molar-refractivity contribution in [3.8, 4) is 0 Å². The molecule has 3 heterocycles. The predicted octanol–water partition coefficient (Wildman–Crippen LogP) is 4.75. The van der Waals surface area contributed by atoms with E-state index in [1.165, 1.54) is 31.0 Å². The smallest absolute Gasteiger partial charge is 0.267 e. The highest BCUT2D eigenvalue weighted by Gasteiger charge is 2.35. The summed E-state index contributed by atoms with van der Waals surface area (Å²) in [6.07, 6.45) is 9.99. The molecule has 1 aliphatic carbocycles. The molecule has 164 valence electrons. The normalized spacial score (nSPS) is 20.1. The molecule has 2 aromatic heterocycles. The van der Waals surface area contributed by atoms with Gasteiger partial charge < -0.3 is 5.32 Å². The van der Waals surface area contributed by atoms with Crippen LogP contribution in [0.4, 0.5) is 5.82 Å². The molecule has 6 nitrogen and oxygen atoms in total. The first-order chi connectivity index (χ1) is 14.9. The Hall–Kier alpha value is -2.19. The molecule has 0 bridgehead atoms. The van der Waals surface area contributed by atoms with E-state index in [0.29, 0.717) is 26.3 Å². The number of nitrogens with one attached hydrogen (secondary N) is 1. The van der Waals surface area contributed by atoms with Crippen LogP contribution in [0.25, 0.3) is 11.7 Å². The van der Waals surface area contributed by atoms with Crippen molar-refractivity contribution in [2.75, 3.05) is 5.32 Å². The highest BCUT2D eigenvalue weighted by Crippen LogP contribution is 2.35. The molecular weight excluding hydrogens is 428 g/mol. The van der Waals surface area contributed by atoms with Crippen LogP contribution in [0.15, 0.2) is 28.0 Å². The van der Waals surface area contributed by atoms with E-state index >= 15 is 0 Å². The Labute approximate surface area is 192 Å². The van der Waals surface area contributed by atoms with Gasteiger partial charge in [0.15, 0.2) is 0 Å². The molecule has 1 saturated heterocycles. The van der Waals surface area contributed by atoms with Crippen LogP contribution in [0.3, 0.4) is 0 Å². The summed E-state index contributed by atoms with van der Waals surface area (Å²) in [5, 5.41) is 3.51. The van der Waals surface area contributed by atoms with Gasteiger partial charge in [-0.2, -0.15) is 0 Å². The predicted molar refractivity (Wildman–Crippen MR) is 131 cm³/mol. The topological polar surface area (TPSA) is 66.7 Å². The molecule has 0 radical (unpaired) electrons. The van der Waals surface area contributed by atoms with E-state index < -0.39 is 0 Å². The molecule has 1 unspecified atom stereocenters. The van der Waals surface area contributed by atoms with Gasteiger partial charge in [-0.25, -0.2) is 4.98 Å². The van der Waals surface area contributed by atoms with Gasteiger partial charge in [-0.3, -0.25) is 18.9 Å². The van der Waals surface area contributed by atoms with E-state index in [-0.39, 0.29) is 23.6 Å². The number of carbonyl (C=O) groups excluding carboxylic acids is 1. The Bertz CT molecular complexity index is 1120. The second-order valence-corrected chi connectivity index (χ2v) is 10.1. The summed E-state index contributed by atoms with van der Waals surface area (Å²) in [6, 6.07) is 4.12. The van der Waals surface area contributed by atoms with Crippen LogP contribution in [0.2, 0.25) is 0 Å². The van der Waals surface area contributed by atoms with Crippen molar-refractivity contribution in [3.05, 3.63) is 44.7 Å². The first-order valence-corrected chi connectivity index (χ1v) is 12.2. The van der Waals surface area contributed by atoms with Gasteiger partial charge in [0.2, 0.25) is 0 Å². The first-order valence-electron chi connectivity index (χ1n) is 11.0. The van der Waals surface area contributed by atoms with Crippen LogP contribution in [0.5, 0.6) is 0 Å². The van der Waals surface area contributed by atoms with Gasteiger partial charge in [0, 0.05) is 18.3 Å². The number of fused-ring (bicyclic) bond motifs is 1. The first kappa shape index (κ1) is 22.0. The van der Waals surface area contributed by atoms with E-state index in [1.54, 1.807) is 21.6 Å². The van der Waals surface area contributed by atoms with Crippen molar-refractivity contribution in [2.24, 2.45) is 0 Å². The fourth-order valence-corrected chi connectivity index (χ4v) is 5.56. The lowest BCUT2D eigenvalue weighted by Gasteiger charge is -2.24. The second-order valence-electron chi connectivity index (χ2n) is 8.40. The van der Waals surface area contributed by atoms with Crippen LogP contribution in [0.1, 0.15) is 63.5 Å². The number of anilines is 1. The Morgan fingerprint density at radius 3 is 2.74 bits per heavy atom. The van der Waals surface area contributed by atoms with Crippen molar-refractivity contribution in [3.63, 3.8) is 0 Å². The Morgan fingerprint density at radius 2 is 2.03 bits per heavy atom. The summed E-state index contributed by atoms with van der Waals surface area (Å²) in [7, 11) is 0. The number of thiocarbonyl (C=S) groups is 1. The summed E-state index contributed by atoms with van der Waals surface area (Å²) in [5.74, 6) is 0.413. The molecule has 31 heavy (non-hydrogen) atoms. The van der Waals surface area contributed by atoms with Crippen molar-refractivity contribution >= 4 is 51.7 Å². The van der Waals surface area contributed by atoms with Gasteiger partial charge >= 0.3 is 0 Å². The highest BCUT2D eigenvalue weighted by atomic mass is 32.2. The van der Waals surface area contributed by atoms with Gasteiger partial charge in [-0.05, 0) is 50.8 Å². The van der Waals surface area contributed by atoms with Crippen molar-refractivity contribution < 1.29 is 4.79 Å². The summed E-state index contributed by atoms with van der Waals surface area (Å²) in [6.45, 7) is 5.96. The largest absolute Gasteiger partial charge is 0.367 e. The second kappa shape index (κ2) is 9.12. The summed E-state index contributed by atoms with van der Waals surface area (Å²) in [5.41, 5.74) is 1.80. The minimum atomic E-state index is -0.180. The quantitative estimate of drug-likeness (QED) is 0.517. The zero-order chi connectivity index (χ0) is 22.1. The number of thioether (sulfide) groups is 1. The van der Waals surface area contributed by atoms with E-state index in [9.17, 15) is 9.59 Å². The Kier molecular flexibility index (Phi) is 6.48. The van der Waals surface area contributed by atoms with Crippen LogP contribution in [-0.2, 0) is 4.79 Å². The van der Waals surface area contributed by atoms with Gasteiger partial charge in [-0.1, -0.05) is 56.2 Å². The Balaban J connectivity index is 1.81. The van der Waals surface area contributed by atoms with Crippen LogP contribution in [-0.4, -0.2) is 36.6 Å². The number of amides is 1. The van der Waals surface area contributed by atoms with Gasteiger partial charge in [0.25, 0.3) is 11.5 Å². The summed E-state index contributed by atoms with van der Waals surface area (Å²) in [4.78, 5) is 33.4. The molecule has 2 fully saturated rings. The average molecular weight is 457 g/mol. The lowest BCUT2D eigenvalue weighted by Crippen LogP contribution is -2.36. The van der Waals surface area contributed by atoms with E-state index in [0.717, 1.165) is 24.8 Å². The average Bonchev–Trinajstić information content (AvgIpc) is 3.04. The maximum atomic E-state index is 13.5. The SMILES string of the molecule is CCC(C)N1C(=O)/C(=C\c2c(NC3CCCCC3)nc3ccc(C)cn3c2=O)SC1=S. The summed E-state index contributed by atoms with van der Waals surface area (Å²) < 4.78 is 2.10. The minimum Gasteiger partial charge on any atom is -0.367 e. The highest BCUT2D eigenvalue weighted by molar-refractivity contribution is 8.26. The molecule has 1 N–H and O–H groups in total. The maximum absolute atomic E-state index is 13.5. The number of nitrogens with zero attached hydrogens (tertiary/aromatic N) is 3. The van der Waals surface area contributed by atoms with Gasteiger partial charge in [0.1, 0.15) is 15.8 Å². The van der Waals surface area contributed by atoms with Gasteiger partial charge in [-0.15, -0.1) is 0 Å². The minimum absolute atomic E-state index is 0.0247. The molecule has 2 aliphatic rings. The number of aryl methyl sites for hydroxylation is 1. The maximum Gasteiger partial charge on any atom is 0.267 e. The van der Waals surface area contributed by atoms with Crippen LogP contribution in [0, 0.1) is 6.92 Å².